The Morgan fingerprint density at radius 1 is 0.447 bits per heavy atom. The molecule has 1 aliphatic carbocycles. The molecule has 0 spiro atoms. The van der Waals surface area contributed by atoms with E-state index in [4.69, 9.17) is 107 Å². The van der Waals surface area contributed by atoms with Crippen molar-refractivity contribution in [3.05, 3.63) is 0 Å². The summed E-state index contributed by atoms with van der Waals surface area (Å²) in [5.41, 5.74) is 30.0. The molecule has 0 unspecified atom stereocenters. The zero-order valence-corrected chi connectivity index (χ0v) is 37.5. The monoisotopic (exact) mass is 1170 g/mol. The van der Waals surface area contributed by atoms with Crippen molar-refractivity contribution < 1.29 is 180 Å². The predicted octanol–water partition coefficient (Wildman–Crippen LogP) is -4.67. The smallest absolute Gasteiger partial charge is 0.475 e. The van der Waals surface area contributed by atoms with E-state index in [-0.39, 0.29) is 13.0 Å². The average Bonchev–Trinajstić information content (AvgIpc) is 3.56. The summed E-state index contributed by atoms with van der Waals surface area (Å²) in [5.74, 6) is -13.8. The van der Waals surface area contributed by atoms with Gasteiger partial charge in [0.2, 0.25) is 0 Å². The van der Waals surface area contributed by atoms with E-state index in [0.717, 1.165) is 0 Å². The van der Waals surface area contributed by atoms with Gasteiger partial charge >= 0.3 is 60.7 Å². The Balaban J connectivity index is 0. The van der Waals surface area contributed by atoms with Crippen molar-refractivity contribution >= 4 is 29.8 Å². The zero-order valence-electron chi connectivity index (χ0n) is 37.5. The van der Waals surface area contributed by atoms with E-state index in [2.05, 4.69) is 0 Å². The molecule has 1 saturated carbocycles. The number of aliphatic hydroxyl groups is 7. The SMILES string of the molecule is C[C@H]1O[C@H](O[C@H]2[C@H](O[C@@H]3O[C@H](CO)[C@@H](O[C@@H]4O[C@H](CN)[C@H](O)[C@@H](O)[C@@H]4N)[C@H]3O)[C@@H](O)[C@H](N)C[C@@H]2N)[C@H](N)[C@@H](O)[C@@H]1O.O=C(O)C(F)(F)F.O=C(O)C(F)(F)F.O=C(O)C(F)(F)F.O=C(O)C(F)(F)F.O=C(O)C(F)(F)F. The topological polar surface area (TPSA) is 514 Å². The van der Waals surface area contributed by atoms with Crippen LogP contribution >= 0.6 is 0 Å². The van der Waals surface area contributed by atoms with Crippen LogP contribution in [0.2, 0.25) is 0 Å². The van der Waals surface area contributed by atoms with Crippen molar-refractivity contribution in [2.75, 3.05) is 13.2 Å². The third-order valence-corrected chi connectivity index (χ3v) is 9.49. The lowest BCUT2D eigenvalue weighted by atomic mass is 9.84. The maximum atomic E-state index is 11.1. The third-order valence-electron chi connectivity index (χ3n) is 9.49. The van der Waals surface area contributed by atoms with Crippen LogP contribution in [0.5, 0.6) is 0 Å². The first-order valence-electron chi connectivity index (χ1n) is 19.9. The molecular formula is C33H50F15N5O23. The second-order valence-electron chi connectivity index (χ2n) is 15.2. The number of alkyl halides is 15. The molecule has 4 aliphatic rings. The molecule has 450 valence electrons. The summed E-state index contributed by atoms with van der Waals surface area (Å²) in [7, 11) is 0. The van der Waals surface area contributed by atoms with Gasteiger partial charge < -0.3 is 118 Å². The highest BCUT2D eigenvalue weighted by atomic mass is 19.4. The number of nitrogens with two attached hydrogens (primary N) is 5. The quantitative estimate of drug-likeness (QED) is 0.102. The first-order chi connectivity index (χ1) is 34.0. The second-order valence-corrected chi connectivity index (χ2v) is 15.2. The van der Waals surface area contributed by atoms with Gasteiger partial charge in [0.1, 0.15) is 61.0 Å². The minimum Gasteiger partial charge on any atom is -0.475 e. The summed E-state index contributed by atoms with van der Waals surface area (Å²) in [4.78, 5) is 44.5. The van der Waals surface area contributed by atoms with Crippen molar-refractivity contribution in [3.63, 3.8) is 0 Å². The minimum atomic E-state index is -5.08. The second kappa shape index (κ2) is 30.1. The number of carboxylic acid groups (broad SMARTS) is 5. The molecule has 0 aromatic rings. The molecule has 0 bridgehead atoms. The lowest BCUT2D eigenvalue weighted by Crippen LogP contribution is -2.67. The fourth-order valence-corrected chi connectivity index (χ4v) is 5.64. The molecule has 22 N–H and O–H groups in total. The van der Waals surface area contributed by atoms with Crippen LogP contribution in [0, 0.1) is 0 Å². The molecule has 0 radical (unpaired) electrons. The molecule has 3 aliphatic heterocycles. The van der Waals surface area contributed by atoms with E-state index in [1.165, 1.54) is 6.92 Å². The molecule has 3 saturated heterocycles. The number of aliphatic carboxylic acids is 5. The fourth-order valence-electron chi connectivity index (χ4n) is 5.64. The number of hydrogen-bond acceptors (Lipinski definition) is 23. The highest BCUT2D eigenvalue weighted by molar-refractivity contribution is 5.74. The number of aliphatic hydroxyl groups excluding tert-OH is 7. The Labute approximate surface area is 412 Å². The van der Waals surface area contributed by atoms with Crippen LogP contribution in [0.1, 0.15) is 13.3 Å². The van der Waals surface area contributed by atoms with Crippen molar-refractivity contribution in [3.8, 4) is 0 Å². The van der Waals surface area contributed by atoms with E-state index in [1.54, 1.807) is 0 Å². The molecule has 0 aromatic heterocycles. The van der Waals surface area contributed by atoms with E-state index in [1.807, 2.05) is 0 Å². The fraction of sp³-hybridized carbons (Fsp3) is 0.848. The van der Waals surface area contributed by atoms with Crippen molar-refractivity contribution in [1.82, 2.24) is 0 Å². The maximum Gasteiger partial charge on any atom is 0.490 e. The first-order valence-corrected chi connectivity index (χ1v) is 19.9. The lowest BCUT2D eigenvalue weighted by molar-refractivity contribution is -0.306. The zero-order chi connectivity index (χ0) is 60.7. The molecule has 4 fully saturated rings. The van der Waals surface area contributed by atoms with Gasteiger partial charge in [0.25, 0.3) is 0 Å². The minimum absolute atomic E-state index is 0.112. The van der Waals surface area contributed by atoms with Crippen LogP contribution in [-0.4, -0.2) is 251 Å². The summed E-state index contributed by atoms with van der Waals surface area (Å²) in [5, 5.41) is 108. The van der Waals surface area contributed by atoms with E-state index < -0.39 is 184 Å². The summed E-state index contributed by atoms with van der Waals surface area (Å²) in [6.45, 7) is 0.726. The normalized spacial score (nSPS) is 34.8. The van der Waals surface area contributed by atoms with Crippen LogP contribution in [0.15, 0.2) is 0 Å². The Hall–Kier alpha value is -4.42. The Kier molecular flexibility index (Phi) is 29.2. The molecule has 76 heavy (non-hydrogen) atoms. The molecular weight excluding hydrogens is 1120 g/mol. The molecule has 4 rings (SSSR count). The van der Waals surface area contributed by atoms with E-state index >= 15 is 0 Å². The van der Waals surface area contributed by atoms with Crippen molar-refractivity contribution in [2.45, 2.75) is 161 Å². The largest absolute Gasteiger partial charge is 0.490 e. The van der Waals surface area contributed by atoms with Crippen molar-refractivity contribution in [2.24, 2.45) is 28.7 Å². The number of hydrogen-bond donors (Lipinski definition) is 17. The van der Waals surface area contributed by atoms with Crippen LogP contribution in [0.4, 0.5) is 65.9 Å². The number of carbonyl (C=O) groups is 5. The number of rotatable bonds is 8. The van der Waals surface area contributed by atoms with Gasteiger partial charge in [0, 0.05) is 18.6 Å². The Morgan fingerprint density at radius 3 is 1.08 bits per heavy atom. The Bertz CT molecular complexity index is 1680. The van der Waals surface area contributed by atoms with Gasteiger partial charge in [-0.25, -0.2) is 24.0 Å². The maximum absolute atomic E-state index is 11.1. The van der Waals surface area contributed by atoms with Crippen LogP contribution in [0.3, 0.4) is 0 Å². The van der Waals surface area contributed by atoms with Gasteiger partial charge in [-0.15, -0.1) is 0 Å². The molecule has 28 nitrogen and oxygen atoms in total. The number of carboxylic acids is 5. The molecule has 43 heteroatoms. The highest BCUT2D eigenvalue weighted by Crippen LogP contribution is 2.34. The standard InChI is InChI=1S/C23H45N5O13.5C2HF3O2/c1-5-12(30)15(33)10(27)21(36-5)39-18-7(26)2-6(25)13(31)20(18)41-23-17(35)19(9(4-29)38-23)40-22-11(28)16(34)14(32)8(3-24)37-22;5*3-2(4,5)1(6)7/h5-23,29-35H,2-4,24-28H2,1H3;5*(H,6,7)/t5-,6-,7+,8-,9-,10-,11+,12-,13+,14+,15-,16+,17-,18-,19-,20-,21-,22+,23+;;;;;/m1...../s1. The van der Waals surface area contributed by atoms with Gasteiger partial charge in [-0.05, 0) is 13.3 Å². The third kappa shape index (κ3) is 23.7. The molecule has 3 heterocycles. The predicted molar refractivity (Wildman–Crippen MR) is 203 cm³/mol. The van der Waals surface area contributed by atoms with Crippen LogP contribution < -0.4 is 28.7 Å². The number of halogens is 15. The molecule has 19 atom stereocenters. The summed E-state index contributed by atoms with van der Waals surface area (Å²) >= 11 is 0. The van der Waals surface area contributed by atoms with E-state index in [9.17, 15) is 102 Å². The van der Waals surface area contributed by atoms with Gasteiger partial charge in [-0.2, -0.15) is 65.9 Å². The lowest BCUT2D eigenvalue weighted by Gasteiger charge is -2.47. The highest BCUT2D eigenvalue weighted by Gasteiger charge is 2.54. The van der Waals surface area contributed by atoms with Gasteiger partial charge in [-0.1, -0.05) is 0 Å². The van der Waals surface area contributed by atoms with Gasteiger partial charge in [-0.3, -0.25) is 0 Å². The van der Waals surface area contributed by atoms with Crippen LogP contribution in [0.25, 0.3) is 0 Å². The Morgan fingerprint density at radius 2 is 0.750 bits per heavy atom. The van der Waals surface area contributed by atoms with Crippen molar-refractivity contribution in [1.29, 1.82) is 0 Å². The first kappa shape index (κ1) is 73.7. The molecule has 0 amide bonds. The molecule has 0 aromatic carbocycles. The van der Waals surface area contributed by atoms with Crippen LogP contribution in [-0.2, 0) is 52.4 Å². The summed E-state index contributed by atoms with van der Waals surface area (Å²) in [6, 6.07) is -4.07. The number of ether oxygens (including phenoxy) is 6. The summed E-state index contributed by atoms with van der Waals surface area (Å²) in [6.07, 6.45) is -44.5. The summed E-state index contributed by atoms with van der Waals surface area (Å²) < 4.78 is 193. The average molecular weight is 1170 g/mol. The van der Waals surface area contributed by atoms with E-state index in [0.29, 0.717) is 0 Å². The van der Waals surface area contributed by atoms with Gasteiger partial charge in [0.05, 0.1) is 30.9 Å². The van der Waals surface area contributed by atoms with Gasteiger partial charge in [0.15, 0.2) is 18.9 Å².